The molecular formula is C17H26FNO. The highest BCUT2D eigenvalue weighted by molar-refractivity contribution is 5.17. The smallest absolute Gasteiger partial charge is 0.127 e. The van der Waals surface area contributed by atoms with E-state index in [-0.39, 0.29) is 17.8 Å². The number of hydrogen-bond donors (Lipinski definition) is 1. The van der Waals surface area contributed by atoms with Crippen molar-refractivity contribution in [2.45, 2.75) is 39.2 Å². The Hall–Kier alpha value is -0.930. The normalized spacial score (nSPS) is 26.9. The summed E-state index contributed by atoms with van der Waals surface area (Å²) in [5.74, 6) is 0.534. The second kappa shape index (κ2) is 6.68. The molecule has 0 radical (unpaired) electrons. The largest absolute Gasteiger partial charge is 0.396 e. The second-order valence-electron chi connectivity index (χ2n) is 6.62. The van der Waals surface area contributed by atoms with Gasteiger partial charge in [-0.1, -0.05) is 38.0 Å². The van der Waals surface area contributed by atoms with Crippen molar-refractivity contribution in [1.29, 1.82) is 0 Å². The molecule has 1 N–H and O–H groups in total. The van der Waals surface area contributed by atoms with Crippen LogP contribution in [0.1, 0.15) is 38.2 Å². The first kappa shape index (κ1) is 15.5. The van der Waals surface area contributed by atoms with Crippen LogP contribution in [0.15, 0.2) is 24.3 Å². The fraction of sp³-hybridized carbons (Fsp3) is 0.647. The molecule has 0 spiro atoms. The highest BCUT2D eigenvalue weighted by Gasteiger charge is 2.35. The Morgan fingerprint density at radius 3 is 2.80 bits per heavy atom. The fourth-order valence-electron chi connectivity index (χ4n) is 3.65. The van der Waals surface area contributed by atoms with Crippen molar-refractivity contribution in [3.05, 3.63) is 35.6 Å². The second-order valence-corrected chi connectivity index (χ2v) is 6.62. The molecular weight excluding hydrogens is 253 g/mol. The van der Waals surface area contributed by atoms with Crippen molar-refractivity contribution in [2.75, 3.05) is 20.2 Å². The molecule has 0 bridgehead atoms. The van der Waals surface area contributed by atoms with Gasteiger partial charge in [0.1, 0.15) is 5.82 Å². The summed E-state index contributed by atoms with van der Waals surface area (Å²) in [5, 5.41) is 9.83. The third-order valence-corrected chi connectivity index (χ3v) is 4.52. The van der Waals surface area contributed by atoms with Gasteiger partial charge >= 0.3 is 0 Å². The molecule has 3 heteroatoms. The predicted octanol–water partition coefficient (Wildman–Crippen LogP) is 3.45. The van der Waals surface area contributed by atoms with Crippen LogP contribution in [0.3, 0.4) is 0 Å². The van der Waals surface area contributed by atoms with Gasteiger partial charge in [0.25, 0.3) is 0 Å². The Labute approximate surface area is 121 Å². The highest BCUT2D eigenvalue weighted by Crippen LogP contribution is 2.39. The molecule has 1 aliphatic carbocycles. The summed E-state index contributed by atoms with van der Waals surface area (Å²) in [5.41, 5.74) is 0.726. The van der Waals surface area contributed by atoms with Gasteiger partial charge in [-0.2, -0.15) is 0 Å². The Bertz CT molecular complexity index is 437. The molecule has 2 rings (SSSR count). The summed E-state index contributed by atoms with van der Waals surface area (Å²) in [6.45, 7) is 3.93. The summed E-state index contributed by atoms with van der Waals surface area (Å²) in [6.07, 6.45) is 4.61. The molecule has 1 saturated carbocycles. The predicted molar refractivity (Wildman–Crippen MR) is 79.9 cm³/mol. The summed E-state index contributed by atoms with van der Waals surface area (Å²) in [4.78, 5) is 2.15. The molecule has 2 unspecified atom stereocenters. The maximum absolute atomic E-state index is 13.7. The number of nitrogens with zero attached hydrogens (tertiary/aromatic N) is 1. The number of aliphatic hydroxyl groups excluding tert-OH is 1. The third kappa shape index (κ3) is 3.80. The number of halogens is 1. The van der Waals surface area contributed by atoms with Gasteiger partial charge in [-0.15, -0.1) is 0 Å². The molecule has 1 aromatic carbocycles. The quantitative estimate of drug-likeness (QED) is 0.892. The minimum absolute atomic E-state index is 0.00231. The zero-order valence-electron chi connectivity index (χ0n) is 12.6. The molecule has 1 aromatic rings. The average Bonchev–Trinajstić information content (AvgIpc) is 2.41. The van der Waals surface area contributed by atoms with E-state index in [1.54, 1.807) is 6.07 Å². The molecule has 0 saturated heterocycles. The van der Waals surface area contributed by atoms with Crippen LogP contribution >= 0.6 is 0 Å². The van der Waals surface area contributed by atoms with Crippen molar-refractivity contribution in [3.63, 3.8) is 0 Å². The zero-order valence-corrected chi connectivity index (χ0v) is 12.6. The number of rotatable bonds is 5. The third-order valence-electron chi connectivity index (χ3n) is 4.52. The molecule has 0 heterocycles. The van der Waals surface area contributed by atoms with Crippen LogP contribution in [0.25, 0.3) is 0 Å². The van der Waals surface area contributed by atoms with Crippen molar-refractivity contribution in [2.24, 2.45) is 11.3 Å². The van der Waals surface area contributed by atoms with E-state index in [2.05, 4.69) is 11.8 Å². The molecule has 2 nitrogen and oxygen atoms in total. The van der Waals surface area contributed by atoms with Crippen LogP contribution in [0.5, 0.6) is 0 Å². The standard InChI is InChI=1S/C17H26FNO/c1-14-6-5-9-17(10-14,13-20)12-19(2)11-15-7-3-4-8-16(15)18/h3-4,7-8,14,20H,5-6,9-13H2,1-2H3. The van der Waals surface area contributed by atoms with Crippen LogP contribution in [0.4, 0.5) is 4.39 Å². The molecule has 112 valence electrons. The van der Waals surface area contributed by atoms with E-state index in [4.69, 9.17) is 0 Å². The molecule has 2 atom stereocenters. The van der Waals surface area contributed by atoms with Crippen LogP contribution < -0.4 is 0 Å². The van der Waals surface area contributed by atoms with Gasteiger partial charge in [-0.25, -0.2) is 4.39 Å². The monoisotopic (exact) mass is 279 g/mol. The van der Waals surface area contributed by atoms with Crippen LogP contribution in [0, 0.1) is 17.2 Å². The summed E-state index contributed by atoms with van der Waals surface area (Å²) < 4.78 is 13.7. The Balaban J connectivity index is 1.99. The Morgan fingerprint density at radius 1 is 1.40 bits per heavy atom. The maximum Gasteiger partial charge on any atom is 0.127 e. The zero-order chi connectivity index (χ0) is 14.6. The lowest BCUT2D eigenvalue weighted by Crippen LogP contribution is -2.41. The van der Waals surface area contributed by atoms with Gasteiger partial charge in [0.05, 0.1) is 0 Å². The first-order valence-corrected chi connectivity index (χ1v) is 7.57. The molecule has 0 aromatic heterocycles. The van der Waals surface area contributed by atoms with Crippen molar-refractivity contribution in [1.82, 2.24) is 4.90 Å². The summed E-state index contributed by atoms with van der Waals surface area (Å²) >= 11 is 0. The van der Waals surface area contributed by atoms with Crippen LogP contribution in [-0.4, -0.2) is 30.2 Å². The number of hydrogen-bond acceptors (Lipinski definition) is 2. The lowest BCUT2D eigenvalue weighted by molar-refractivity contribution is 0.0288. The molecule has 0 amide bonds. The van der Waals surface area contributed by atoms with Gasteiger partial charge in [0, 0.05) is 30.7 Å². The van der Waals surface area contributed by atoms with E-state index in [9.17, 15) is 9.50 Å². The summed E-state index contributed by atoms with van der Waals surface area (Å²) in [6, 6.07) is 6.93. The fourth-order valence-corrected chi connectivity index (χ4v) is 3.65. The molecule has 20 heavy (non-hydrogen) atoms. The van der Waals surface area contributed by atoms with E-state index < -0.39 is 0 Å². The van der Waals surface area contributed by atoms with Gasteiger partial charge in [-0.05, 0) is 31.9 Å². The van der Waals surface area contributed by atoms with E-state index >= 15 is 0 Å². The van der Waals surface area contributed by atoms with Gasteiger partial charge in [-0.3, -0.25) is 0 Å². The van der Waals surface area contributed by atoms with E-state index in [1.165, 1.54) is 18.9 Å². The lowest BCUT2D eigenvalue weighted by atomic mass is 9.70. The van der Waals surface area contributed by atoms with E-state index in [0.717, 1.165) is 24.9 Å². The van der Waals surface area contributed by atoms with Gasteiger partial charge in [0.15, 0.2) is 0 Å². The highest BCUT2D eigenvalue weighted by atomic mass is 19.1. The molecule has 1 aliphatic rings. The van der Waals surface area contributed by atoms with Crippen LogP contribution in [0.2, 0.25) is 0 Å². The topological polar surface area (TPSA) is 23.5 Å². The van der Waals surface area contributed by atoms with Crippen molar-refractivity contribution >= 4 is 0 Å². The van der Waals surface area contributed by atoms with Crippen molar-refractivity contribution in [3.8, 4) is 0 Å². The Kier molecular flexibility index (Phi) is 5.17. The van der Waals surface area contributed by atoms with Crippen LogP contribution in [-0.2, 0) is 6.54 Å². The summed E-state index contributed by atoms with van der Waals surface area (Å²) in [7, 11) is 2.02. The minimum Gasteiger partial charge on any atom is -0.396 e. The minimum atomic E-state index is -0.144. The van der Waals surface area contributed by atoms with Crippen molar-refractivity contribution < 1.29 is 9.50 Å². The van der Waals surface area contributed by atoms with E-state index in [0.29, 0.717) is 12.5 Å². The maximum atomic E-state index is 13.7. The number of aliphatic hydroxyl groups is 1. The Morgan fingerprint density at radius 2 is 2.15 bits per heavy atom. The van der Waals surface area contributed by atoms with Gasteiger partial charge < -0.3 is 10.0 Å². The lowest BCUT2D eigenvalue weighted by Gasteiger charge is -2.41. The first-order valence-electron chi connectivity index (χ1n) is 7.57. The SMILES string of the molecule is CC1CCCC(CO)(CN(C)Cc2ccccc2F)C1. The average molecular weight is 279 g/mol. The first-order chi connectivity index (χ1) is 9.54. The molecule has 0 aliphatic heterocycles. The van der Waals surface area contributed by atoms with E-state index in [1.807, 2.05) is 19.2 Å². The van der Waals surface area contributed by atoms with Gasteiger partial charge in [0.2, 0.25) is 0 Å². The number of benzene rings is 1. The molecule has 1 fully saturated rings.